The van der Waals surface area contributed by atoms with Gasteiger partial charge < -0.3 is 15.4 Å². The number of methoxy groups -OCH3 is 1. The summed E-state index contributed by atoms with van der Waals surface area (Å²) >= 11 is 0. The molecule has 1 saturated heterocycles. The molecule has 2 aromatic rings. The second-order valence-corrected chi connectivity index (χ2v) is 6.89. The van der Waals surface area contributed by atoms with E-state index in [9.17, 15) is 4.39 Å². The molecule has 0 atom stereocenters. The van der Waals surface area contributed by atoms with Gasteiger partial charge in [-0.25, -0.2) is 9.37 Å². The predicted molar refractivity (Wildman–Crippen MR) is 121 cm³/mol. The molecule has 1 aliphatic heterocycles. The summed E-state index contributed by atoms with van der Waals surface area (Å²) in [6.45, 7) is 3.21. The zero-order valence-electron chi connectivity index (χ0n) is 17.1. The van der Waals surface area contributed by atoms with Gasteiger partial charge in [-0.2, -0.15) is 5.10 Å². The standard InChI is InChI=1S/C19H28FN7O.HI/c1-21-19(22-11-18-23-13-24-26(18)2)25-15-6-8-27(9-7-15)12-14-4-5-17(28-3)16(20)10-14;/h4-5,10,13,15H,6-9,11-12H2,1-3H3,(H2,21,22,25);1H. The summed E-state index contributed by atoms with van der Waals surface area (Å²) < 4.78 is 20.6. The number of nitrogens with zero attached hydrogens (tertiary/aromatic N) is 5. The van der Waals surface area contributed by atoms with Crippen molar-refractivity contribution in [2.24, 2.45) is 12.0 Å². The van der Waals surface area contributed by atoms with Crippen LogP contribution in [0.1, 0.15) is 24.2 Å². The molecule has 0 aliphatic carbocycles. The van der Waals surface area contributed by atoms with Crippen molar-refractivity contribution in [2.45, 2.75) is 32.0 Å². The van der Waals surface area contributed by atoms with Gasteiger partial charge in [-0.05, 0) is 30.5 Å². The molecule has 29 heavy (non-hydrogen) atoms. The smallest absolute Gasteiger partial charge is 0.191 e. The van der Waals surface area contributed by atoms with Crippen LogP contribution in [0.25, 0.3) is 0 Å². The molecule has 0 unspecified atom stereocenters. The third-order valence-corrected chi connectivity index (χ3v) is 4.99. The minimum absolute atomic E-state index is 0. The number of piperidine rings is 1. The van der Waals surface area contributed by atoms with Crippen LogP contribution in [0.3, 0.4) is 0 Å². The first-order valence-electron chi connectivity index (χ1n) is 9.44. The lowest BCUT2D eigenvalue weighted by Crippen LogP contribution is -2.48. The Morgan fingerprint density at radius 1 is 1.34 bits per heavy atom. The lowest BCUT2D eigenvalue weighted by molar-refractivity contribution is 0.198. The molecule has 0 bridgehead atoms. The molecular weight excluding hydrogens is 488 g/mol. The van der Waals surface area contributed by atoms with Gasteiger partial charge in [0.25, 0.3) is 0 Å². The van der Waals surface area contributed by atoms with Crippen LogP contribution in [0.4, 0.5) is 4.39 Å². The fraction of sp³-hybridized carbons (Fsp3) is 0.526. The average Bonchev–Trinajstić information content (AvgIpc) is 3.11. The lowest BCUT2D eigenvalue weighted by Gasteiger charge is -2.33. The molecule has 1 fully saturated rings. The van der Waals surface area contributed by atoms with Crippen LogP contribution in [0.2, 0.25) is 0 Å². The molecule has 2 N–H and O–H groups in total. The summed E-state index contributed by atoms with van der Waals surface area (Å²) in [5, 5.41) is 10.8. The third kappa shape index (κ3) is 6.53. The van der Waals surface area contributed by atoms with E-state index in [0.29, 0.717) is 12.6 Å². The Kier molecular flexibility index (Phi) is 9.08. The minimum atomic E-state index is -0.311. The molecule has 10 heteroatoms. The van der Waals surface area contributed by atoms with Gasteiger partial charge in [0.05, 0.1) is 13.7 Å². The van der Waals surface area contributed by atoms with E-state index in [1.807, 2.05) is 13.1 Å². The Morgan fingerprint density at radius 2 is 2.10 bits per heavy atom. The summed E-state index contributed by atoms with van der Waals surface area (Å²) in [6, 6.07) is 5.52. The molecular formula is C19H29FIN7O. The van der Waals surface area contributed by atoms with Crippen molar-refractivity contribution < 1.29 is 9.13 Å². The van der Waals surface area contributed by atoms with Crippen LogP contribution in [-0.2, 0) is 20.1 Å². The van der Waals surface area contributed by atoms with E-state index in [1.165, 1.54) is 13.4 Å². The first-order valence-corrected chi connectivity index (χ1v) is 9.44. The number of aliphatic imine (C=N–C) groups is 1. The van der Waals surface area contributed by atoms with Crippen molar-refractivity contribution in [3.8, 4) is 5.75 Å². The van der Waals surface area contributed by atoms with Crippen LogP contribution < -0.4 is 15.4 Å². The maximum atomic E-state index is 13.9. The number of nitrogens with one attached hydrogen (secondary N) is 2. The van der Waals surface area contributed by atoms with E-state index < -0.39 is 0 Å². The average molecular weight is 517 g/mol. The monoisotopic (exact) mass is 517 g/mol. The fourth-order valence-electron chi connectivity index (χ4n) is 3.33. The second kappa shape index (κ2) is 11.3. The van der Waals surface area contributed by atoms with Crippen molar-refractivity contribution in [2.75, 3.05) is 27.2 Å². The maximum absolute atomic E-state index is 13.9. The topological polar surface area (TPSA) is 79.6 Å². The highest BCUT2D eigenvalue weighted by Crippen LogP contribution is 2.20. The molecule has 0 saturated carbocycles. The number of benzene rings is 1. The molecule has 0 spiro atoms. The summed E-state index contributed by atoms with van der Waals surface area (Å²) in [5.74, 6) is 1.59. The van der Waals surface area contributed by atoms with Crippen molar-refractivity contribution in [3.63, 3.8) is 0 Å². The molecule has 8 nitrogen and oxygen atoms in total. The molecule has 1 aromatic heterocycles. The number of guanidine groups is 1. The number of aryl methyl sites for hydroxylation is 1. The Bertz CT molecular complexity index is 806. The zero-order chi connectivity index (χ0) is 19.9. The van der Waals surface area contributed by atoms with Crippen LogP contribution >= 0.6 is 24.0 Å². The summed E-state index contributed by atoms with van der Waals surface area (Å²) in [4.78, 5) is 10.8. The maximum Gasteiger partial charge on any atom is 0.191 e. The number of aromatic nitrogens is 3. The van der Waals surface area contributed by atoms with Crippen LogP contribution in [0, 0.1) is 5.82 Å². The molecule has 2 heterocycles. The molecule has 0 amide bonds. The lowest BCUT2D eigenvalue weighted by atomic mass is 10.0. The Balaban J connectivity index is 0.00000300. The highest BCUT2D eigenvalue weighted by molar-refractivity contribution is 14.0. The largest absolute Gasteiger partial charge is 0.494 e. The van der Waals surface area contributed by atoms with Crippen molar-refractivity contribution in [1.82, 2.24) is 30.3 Å². The van der Waals surface area contributed by atoms with E-state index in [4.69, 9.17) is 4.74 Å². The van der Waals surface area contributed by atoms with E-state index in [0.717, 1.165) is 49.8 Å². The van der Waals surface area contributed by atoms with Crippen LogP contribution in [-0.4, -0.2) is 58.9 Å². The van der Waals surface area contributed by atoms with E-state index in [-0.39, 0.29) is 35.5 Å². The quantitative estimate of drug-likeness (QED) is 0.347. The number of halogens is 2. The third-order valence-electron chi connectivity index (χ3n) is 4.99. The summed E-state index contributed by atoms with van der Waals surface area (Å²) in [6.07, 6.45) is 3.55. The van der Waals surface area contributed by atoms with Gasteiger partial charge in [0.1, 0.15) is 12.2 Å². The van der Waals surface area contributed by atoms with Gasteiger partial charge in [-0.3, -0.25) is 14.6 Å². The fourth-order valence-corrected chi connectivity index (χ4v) is 3.33. The zero-order valence-corrected chi connectivity index (χ0v) is 19.4. The van der Waals surface area contributed by atoms with Gasteiger partial charge >= 0.3 is 0 Å². The summed E-state index contributed by atoms with van der Waals surface area (Å²) in [5.41, 5.74) is 0.964. The predicted octanol–water partition coefficient (Wildman–Crippen LogP) is 1.91. The van der Waals surface area contributed by atoms with E-state index in [1.54, 1.807) is 23.9 Å². The van der Waals surface area contributed by atoms with Crippen LogP contribution in [0.5, 0.6) is 5.75 Å². The van der Waals surface area contributed by atoms with Gasteiger partial charge in [-0.15, -0.1) is 24.0 Å². The number of likely N-dealkylation sites (tertiary alicyclic amines) is 1. The van der Waals surface area contributed by atoms with Gasteiger partial charge in [-0.1, -0.05) is 6.07 Å². The van der Waals surface area contributed by atoms with E-state index in [2.05, 4.69) is 30.6 Å². The molecule has 1 aromatic carbocycles. The van der Waals surface area contributed by atoms with Gasteiger partial charge in [0, 0.05) is 39.8 Å². The summed E-state index contributed by atoms with van der Waals surface area (Å²) in [7, 11) is 5.11. The number of hydrogen-bond donors (Lipinski definition) is 2. The second-order valence-electron chi connectivity index (χ2n) is 6.89. The minimum Gasteiger partial charge on any atom is -0.494 e. The molecule has 1 aliphatic rings. The Morgan fingerprint density at radius 3 is 2.69 bits per heavy atom. The van der Waals surface area contributed by atoms with Crippen LogP contribution in [0.15, 0.2) is 29.5 Å². The SMILES string of the molecule is CN=C(NCc1ncnn1C)NC1CCN(Cc2ccc(OC)c(F)c2)CC1.I. The Hall–Kier alpha value is -1.95. The molecule has 0 radical (unpaired) electrons. The van der Waals surface area contributed by atoms with Gasteiger partial charge in [0.2, 0.25) is 0 Å². The first-order chi connectivity index (χ1) is 13.6. The molecule has 160 valence electrons. The molecule has 3 rings (SSSR count). The first kappa shape index (κ1) is 23.3. The highest BCUT2D eigenvalue weighted by atomic mass is 127. The highest BCUT2D eigenvalue weighted by Gasteiger charge is 2.20. The van der Waals surface area contributed by atoms with Crippen molar-refractivity contribution in [1.29, 1.82) is 0 Å². The van der Waals surface area contributed by atoms with Crippen molar-refractivity contribution in [3.05, 3.63) is 41.7 Å². The number of hydrogen-bond acceptors (Lipinski definition) is 5. The van der Waals surface area contributed by atoms with E-state index >= 15 is 0 Å². The normalized spacial score (nSPS) is 15.7. The Labute approximate surface area is 188 Å². The number of ether oxygens (including phenoxy) is 1. The number of rotatable bonds is 6. The van der Waals surface area contributed by atoms with Gasteiger partial charge in [0.15, 0.2) is 17.5 Å². The van der Waals surface area contributed by atoms with Crippen molar-refractivity contribution >= 4 is 29.9 Å².